The number of carbonyl (C=O) groups is 1. The monoisotopic (exact) mass is 342 g/mol. The van der Waals surface area contributed by atoms with Crippen LogP contribution in [-0.2, 0) is 11.2 Å². The van der Waals surface area contributed by atoms with Gasteiger partial charge in [-0.15, -0.1) is 0 Å². The second-order valence-corrected chi connectivity index (χ2v) is 6.73. The van der Waals surface area contributed by atoms with E-state index in [2.05, 4.69) is 77.6 Å². The highest BCUT2D eigenvalue weighted by Gasteiger charge is 2.24. The minimum atomic E-state index is 0.0528. The summed E-state index contributed by atoms with van der Waals surface area (Å²) in [5, 5.41) is 0. The molecular formula is C23H22N2O. The van der Waals surface area contributed by atoms with Gasteiger partial charge in [-0.2, -0.15) is 0 Å². The number of rotatable bonds is 4. The lowest BCUT2D eigenvalue weighted by Crippen LogP contribution is -2.46. The van der Waals surface area contributed by atoms with Crippen LogP contribution >= 0.6 is 0 Å². The van der Waals surface area contributed by atoms with E-state index in [1.54, 1.807) is 0 Å². The Morgan fingerprint density at radius 1 is 0.846 bits per heavy atom. The molecule has 0 radical (unpaired) electrons. The first kappa shape index (κ1) is 16.6. The molecule has 3 aromatic rings. The largest absolute Gasteiger partial charge is 0.292 e. The lowest BCUT2D eigenvalue weighted by atomic mass is 9.84. The van der Waals surface area contributed by atoms with Gasteiger partial charge in [0.1, 0.15) is 0 Å². The summed E-state index contributed by atoms with van der Waals surface area (Å²) >= 11 is 0. The normalized spacial score (nSPS) is 16.9. The highest BCUT2D eigenvalue weighted by molar-refractivity contribution is 5.78. The molecule has 3 nitrogen and oxygen atoms in total. The van der Waals surface area contributed by atoms with Gasteiger partial charge < -0.3 is 0 Å². The molecule has 1 aliphatic heterocycles. The van der Waals surface area contributed by atoms with Crippen LogP contribution < -0.4 is 10.9 Å². The fourth-order valence-corrected chi connectivity index (χ4v) is 3.71. The predicted octanol–water partition coefficient (Wildman–Crippen LogP) is 4.05. The summed E-state index contributed by atoms with van der Waals surface area (Å²) < 4.78 is 0. The van der Waals surface area contributed by atoms with E-state index < -0.39 is 0 Å². The first-order valence-corrected chi connectivity index (χ1v) is 9.04. The number of hydrogen-bond acceptors (Lipinski definition) is 2. The van der Waals surface area contributed by atoms with E-state index in [0.29, 0.717) is 6.42 Å². The van der Waals surface area contributed by atoms with Gasteiger partial charge in [-0.25, -0.2) is 5.43 Å². The van der Waals surface area contributed by atoms with Gasteiger partial charge in [-0.05, 0) is 34.2 Å². The van der Waals surface area contributed by atoms with Crippen LogP contribution in [0.1, 0.15) is 29.0 Å². The van der Waals surface area contributed by atoms with Gasteiger partial charge >= 0.3 is 0 Å². The van der Waals surface area contributed by atoms with Crippen molar-refractivity contribution in [3.8, 4) is 11.1 Å². The van der Waals surface area contributed by atoms with Gasteiger partial charge in [0.15, 0.2) is 0 Å². The van der Waals surface area contributed by atoms with Gasteiger partial charge in [0.25, 0.3) is 0 Å². The molecule has 1 unspecified atom stereocenters. The minimum absolute atomic E-state index is 0.0528. The molecule has 1 amide bonds. The van der Waals surface area contributed by atoms with Crippen molar-refractivity contribution in [2.24, 2.45) is 0 Å². The highest BCUT2D eigenvalue weighted by Crippen LogP contribution is 2.33. The van der Waals surface area contributed by atoms with Crippen LogP contribution in [0.5, 0.6) is 0 Å². The van der Waals surface area contributed by atoms with Gasteiger partial charge in [0.2, 0.25) is 5.91 Å². The maximum absolute atomic E-state index is 11.9. The fourth-order valence-electron chi connectivity index (χ4n) is 3.71. The van der Waals surface area contributed by atoms with Gasteiger partial charge in [0.05, 0.1) is 0 Å². The molecule has 3 aromatic carbocycles. The Kier molecular flexibility index (Phi) is 4.80. The van der Waals surface area contributed by atoms with Crippen molar-refractivity contribution in [3.05, 3.63) is 95.6 Å². The quantitative estimate of drug-likeness (QED) is 0.751. The third kappa shape index (κ3) is 3.53. The first-order valence-electron chi connectivity index (χ1n) is 9.04. The van der Waals surface area contributed by atoms with Crippen molar-refractivity contribution in [1.29, 1.82) is 0 Å². The maximum atomic E-state index is 11.9. The highest BCUT2D eigenvalue weighted by atomic mass is 16.2. The Morgan fingerprint density at radius 3 is 2.31 bits per heavy atom. The lowest BCUT2D eigenvalue weighted by molar-refractivity contribution is -0.123. The van der Waals surface area contributed by atoms with Crippen LogP contribution in [0.25, 0.3) is 11.1 Å². The van der Waals surface area contributed by atoms with Crippen molar-refractivity contribution in [1.82, 2.24) is 10.9 Å². The van der Waals surface area contributed by atoms with E-state index in [9.17, 15) is 4.79 Å². The Hall–Kier alpha value is -2.91. The molecule has 26 heavy (non-hydrogen) atoms. The molecule has 0 bridgehead atoms. The summed E-state index contributed by atoms with van der Waals surface area (Å²) in [6, 6.07) is 27.5. The second-order valence-electron chi connectivity index (χ2n) is 6.73. The fraction of sp³-hybridized carbons (Fsp3) is 0.174. The third-order valence-corrected chi connectivity index (χ3v) is 4.97. The molecule has 1 atom stereocenters. The van der Waals surface area contributed by atoms with Crippen molar-refractivity contribution in [3.63, 3.8) is 0 Å². The van der Waals surface area contributed by atoms with Crippen LogP contribution in [0.3, 0.4) is 0 Å². The summed E-state index contributed by atoms with van der Waals surface area (Å²) in [4.78, 5) is 11.9. The third-order valence-electron chi connectivity index (χ3n) is 4.97. The molecule has 0 spiro atoms. The van der Waals surface area contributed by atoms with Gasteiger partial charge in [-0.1, -0.05) is 78.9 Å². The molecular weight excluding hydrogens is 320 g/mol. The summed E-state index contributed by atoms with van der Waals surface area (Å²) in [5.74, 6) is 0.239. The average Bonchev–Trinajstić information content (AvgIpc) is 2.70. The molecule has 1 aliphatic rings. The number of hydrogen-bond donors (Lipinski definition) is 2. The van der Waals surface area contributed by atoms with Crippen LogP contribution in [0.15, 0.2) is 78.9 Å². The van der Waals surface area contributed by atoms with Crippen molar-refractivity contribution in [2.75, 3.05) is 6.54 Å². The molecule has 0 aromatic heterocycles. The number of nitrogens with one attached hydrogen (secondary N) is 2. The molecule has 1 heterocycles. The van der Waals surface area contributed by atoms with Crippen molar-refractivity contribution in [2.45, 2.75) is 18.8 Å². The molecule has 1 saturated heterocycles. The SMILES string of the molecule is O=C1CC(c2cccc(-c3ccccc3)c2Cc2ccccc2)CNN1. The lowest BCUT2D eigenvalue weighted by Gasteiger charge is -2.26. The van der Waals surface area contributed by atoms with Crippen molar-refractivity contribution < 1.29 is 4.79 Å². The molecule has 0 saturated carbocycles. The first-order chi connectivity index (χ1) is 12.8. The maximum Gasteiger partial charge on any atom is 0.234 e. The van der Waals surface area contributed by atoms with E-state index in [0.717, 1.165) is 13.0 Å². The average molecular weight is 342 g/mol. The van der Waals surface area contributed by atoms with Crippen LogP contribution in [0.2, 0.25) is 0 Å². The van der Waals surface area contributed by atoms with Crippen LogP contribution in [-0.4, -0.2) is 12.5 Å². The molecule has 1 fully saturated rings. The number of amides is 1. The number of hydrazine groups is 1. The molecule has 0 aliphatic carbocycles. The van der Waals surface area contributed by atoms with Gasteiger partial charge in [0, 0.05) is 18.9 Å². The predicted molar refractivity (Wildman–Crippen MR) is 105 cm³/mol. The van der Waals surface area contributed by atoms with E-state index >= 15 is 0 Å². The zero-order chi connectivity index (χ0) is 17.8. The second kappa shape index (κ2) is 7.54. The molecule has 3 heteroatoms. The Balaban J connectivity index is 1.81. The Morgan fingerprint density at radius 2 is 1.58 bits per heavy atom. The van der Waals surface area contributed by atoms with Crippen LogP contribution in [0.4, 0.5) is 0 Å². The smallest absolute Gasteiger partial charge is 0.234 e. The zero-order valence-electron chi connectivity index (χ0n) is 14.6. The van der Waals surface area contributed by atoms with Crippen molar-refractivity contribution >= 4 is 5.91 Å². The van der Waals surface area contributed by atoms with E-state index in [1.807, 2.05) is 12.1 Å². The standard InChI is InChI=1S/C23H22N2O/c26-23-15-19(16-24-25-23)21-13-7-12-20(18-10-5-2-6-11-18)22(21)14-17-8-3-1-4-9-17/h1-13,19,24H,14-16H2,(H,25,26). The zero-order valence-corrected chi connectivity index (χ0v) is 14.6. The summed E-state index contributed by atoms with van der Waals surface area (Å²) in [7, 11) is 0. The van der Waals surface area contributed by atoms with Crippen LogP contribution in [0, 0.1) is 0 Å². The van der Waals surface area contributed by atoms with E-state index in [-0.39, 0.29) is 11.8 Å². The minimum Gasteiger partial charge on any atom is -0.292 e. The number of carbonyl (C=O) groups excluding carboxylic acids is 1. The Bertz CT molecular complexity index is 891. The van der Waals surface area contributed by atoms with Gasteiger partial charge in [-0.3, -0.25) is 10.2 Å². The van der Waals surface area contributed by atoms with E-state index in [4.69, 9.17) is 0 Å². The topological polar surface area (TPSA) is 41.1 Å². The van der Waals surface area contributed by atoms with E-state index in [1.165, 1.54) is 27.8 Å². The Labute approximate surface area is 154 Å². The molecule has 2 N–H and O–H groups in total. The summed E-state index contributed by atoms with van der Waals surface area (Å²) in [6.45, 7) is 0.756. The summed E-state index contributed by atoms with van der Waals surface area (Å²) in [6.07, 6.45) is 1.38. The molecule has 130 valence electrons. The molecule has 4 rings (SSSR count). The number of benzene rings is 3. The summed E-state index contributed by atoms with van der Waals surface area (Å²) in [5.41, 5.74) is 12.1.